The summed E-state index contributed by atoms with van der Waals surface area (Å²) >= 11 is 0. The van der Waals surface area contributed by atoms with Gasteiger partial charge in [-0.1, -0.05) is 72.8 Å². The molecular formula is C42H40N4O2. The monoisotopic (exact) mass is 632 g/mol. The van der Waals surface area contributed by atoms with Gasteiger partial charge in [-0.05, 0) is 130 Å². The molecule has 0 heterocycles. The van der Waals surface area contributed by atoms with Crippen molar-refractivity contribution in [2.75, 3.05) is 23.7 Å². The van der Waals surface area contributed by atoms with Crippen LogP contribution < -0.4 is 21.3 Å². The van der Waals surface area contributed by atoms with E-state index in [2.05, 4.69) is 94.1 Å². The van der Waals surface area contributed by atoms with Crippen LogP contribution in [0, 0.1) is 22.7 Å². The Morgan fingerprint density at radius 2 is 0.917 bits per heavy atom. The van der Waals surface area contributed by atoms with E-state index in [0.29, 0.717) is 24.9 Å². The van der Waals surface area contributed by atoms with Crippen LogP contribution in [0.25, 0.3) is 43.1 Å². The van der Waals surface area contributed by atoms with Crippen molar-refractivity contribution in [2.24, 2.45) is 22.7 Å². The lowest BCUT2D eigenvalue weighted by atomic mass is 9.44. The van der Waals surface area contributed by atoms with Gasteiger partial charge in [0.15, 0.2) is 0 Å². The second-order valence-corrected chi connectivity index (χ2v) is 15.0. The van der Waals surface area contributed by atoms with E-state index in [9.17, 15) is 9.59 Å². The quantitative estimate of drug-likeness (QED) is 0.138. The molecule has 6 heteroatoms. The smallest absolute Gasteiger partial charge is 0.319 e. The van der Waals surface area contributed by atoms with Gasteiger partial charge in [0.2, 0.25) is 0 Å². The Morgan fingerprint density at radius 3 is 1.35 bits per heavy atom. The second kappa shape index (κ2) is 11.3. The molecule has 4 saturated carbocycles. The number of benzene rings is 6. The number of amides is 4. The summed E-state index contributed by atoms with van der Waals surface area (Å²) in [4.78, 5) is 26.7. The number of urea groups is 2. The fraction of sp³-hybridized carbons (Fsp3) is 0.286. The molecule has 10 rings (SSSR count). The fourth-order valence-corrected chi connectivity index (χ4v) is 10.1. The number of carbonyl (C=O) groups is 2. The van der Waals surface area contributed by atoms with Gasteiger partial charge >= 0.3 is 12.1 Å². The Kier molecular flexibility index (Phi) is 6.82. The van der Waals surface area contributed by atoms with Crippen LogP contribution in [0.5, 0.6) is 0 Å². The molecule has 4 aliphatic rings. The van der Waals surface area contributed by atoms with E-state index in [4.69, 9.17) is 0 Å². The number of hydrogen-bond donors (Lipinski definition) is 4. The van der Waals surface area contributed by atoms with Gasteiger partial charge in [0.1, 0.15) is 0 Å². The summed E-state index contributed by atoms with van der Waals surface area (Å²) in [6, 6.07) is 37.2. The molecule has 0 unspecified atom stereocenters. The zero-order valence-electron chi connectivity index (χ0n) is 27.0. The average molecular weight is 633 g/mol. The summed E-state index contributed by atoms with van der Waals surface area (Å²) in [5, 5.41) is 21.9. The van der Waals surface area contributed by atoms with Gasteiger partial charge in [0.05, 0.1) is 11.4 Å². The lowest BCUT2D eigenvalue weighted by molar-refractivity contribution is -0.105. The van der Waals surface area contributed by atoms with Crippen molar-refractivity contribution < 1.29 is 9.59 Å². The van der Waals surface area contributed by atoms with Gasteiger partial charge in [-0.15, -0.1) is 0 Å². The summed E-state index contributed by atoms with van der Waals surface area (Å²) in [6.07, 6.45) is 6.93. The third kappa shape index (κ3) is 5.29. The van der Waals surface area contributed by atoms with E-state index >= 15 is 0 Å². The van der Waals surface area contributed by atoms with Crippen LogP contribution in [-0.4, -0.2) is 25.2 Å². The number of carbonyl (C=O) groups excluding carboxylic acids is 2. The zero-order chi connectivity index (χ0) is 32.3. The first kappa shape index (κ1) is 29.1. The van der Waals surface area contributed by atoms with Crippen molar-refractivity contribution in [1.29, 1.82) is 0 Å². The fourth-order valence-electron chi connectivity index (χ4n) is 10.1. The maximum absolute atomic E-state index is 13.4. The minimum absolute atomic E-state index is 0.0746. The van der Waals surface area contributed by atoms with Gasteiger partial charge in [-0.3, -0.25) is 0 Å². The van der Waals surface area contributed by atoms with Crippen molar-refractivity contribution in [2.45, 2.75) is 38.5 Å². The Labute approximate surface area is 280 Å². The maximum Gasteiger partial charge on any atom is 0.319 e. The SMILES string of the molecule is O=C(NCC12CC3CC(C1)CC(CNC(=O)Nc1cccc4cc5ccccc5cc14)(C3)C2)Nc1cccc2cc3ccccc3cc12. The molecule has 4 aliphatic carbocycles. The van der Waals surface area contributed by atoms with Crippen LogP contribution in [0.15, 0.2) is 109 Å². The Bertz CT molecular complexity index is 2070. The molecule has 4 amide bonds. The molecule has 0 aliphatic heterocycles. The van der Waals surface area contributed by atoms with Crippen molar-refractivity contribution in [3.8, 4) is 0 Å². The van der Waals surface area contributed by atoms with Crippen molar-refractivity contribution in [3.05, 3.63) is 109 Å². The average Bonchev–Trinajstić information content (AvgIpc) is 3.08. The molecule has 4 bridgehead atoms. The van der Waals surface area contributed by atoms with E-state index in [1.807, 2.05) is 36.4 Å². The third-order valence-electron chi connectivity index (χ3n) is 11.5. The highest BCUT2D eigenvalue weighted by Crippen LogP contribution is 2.64. The van der Waals surface area contributed by atoms with E-state index in [1.165, 1.54) is 17.2 Å². The second-order valence-electron chi connectivity index (χ2n) is 15.0. The van der Waals surface area contributed by atoms with Crippen LogP contribution in [0.3, 0.4) is 0 Å². The van der Waals surface area contributed by atoms with Crippen LogP contribution in [0.1, 0.15) is 38.5 Å². The Balaban J connectivity index is 0.871. The predicted octanol–water partition coefficient (Wildman–Crippen LogP) is 9.83. The molecule has 0 atom stereocenters. The predicted molar refractivity (Wildman–Crippen MR) is 196 cm³/mol. The molecule has 4 fully saturated rings. The van der Waals surface area contributed by atoms with Gasteiger partial charge in [-0.25, -0.2) is 9.59 Å². The van der Waals surface area contributed by atoms with Crippen LogP contribution in [0.4, 0.5) is 21.0 Å². The van der Waals surface area contributed by atoms with Crippen LogP contribution >= 0.6 is 0 Å². The standard InChI is InChI=1S/C42H40N4O2/c47-39(45-37-13-5-11-33-16-29-7-1-3-9-31(29)18-35(33)37)43-25-41-20-27-15-28(21-41)23-42(22-27,24-41)26-44-40(48)46-38-14-6-12-34-17-30-8-2-4-10-32(30)19-36(34)38/h1-14,16-19,27-28H,15,20-26H2,(H2,43,45,47)(H2,44,46,48). The molecule has 0 radical (unpaired) electrons. The van der Waals surface area contributed by atoms with Crippen molar-refractivity contribution in [1.82, 2.24) is 10.6 Å². The van der Waals surface area contributed by atoms with E-state index in [-0.39, 0.29) is 22.9 Å². The van der Waals surface area contributed by atoms with E-state index in [0.717, 1.165) is 75.8 Å². The molecule has 6 nitrogen and oxygen atoms in total. The van der Waals surface area contributed by atoms with E-state index < -0.39 is 0 Å². The van der Waals surface area contributed by atoms with Gasteiger partial charge < -0.3 is 21.3 Å². The molecule has 0 spiro atoms. The normalized spacial score (nSPS) is 24.2. The topological polar surface area (TPSA) is 82.3 Å². The van der Waals surface area contributed by atoms with Gasteiger partial charge in [-0.2, -0.15) is 0 Å². The number of fused-ring (bicyclic) bond motifs is 4. The molecule has 0 saturated heterocycles. The largest absolute Gasteiger partial charge is 0.337 e. The highest BCUT2D eigenvalue weighted by atomic mass is 16.2. The van der Waals surface area contributed by atoms with E-state index in [1.54, 1.807) is 0 Å². The number of nitrogens with one attached hydrogen (secondary N) is 4. The highest BCUT2D eigenvalue weighted by Gasteiger charge is 2.57. The zero-order valence-corrected chi connectivity index (χ0v) is 27.0. The molecule has 48 heavy (non-hydrogen) atoms. The lowest BCUT2D eigenvalue weighted by Gasteiger charge is -2.62. The Hall–Kier alpha value is -5.10. The maximum atomic E-state index is 13.4. The molecule has 240 valence electrons. The van der Waals surface area contributed by atoms with Crippen molar-refractivity contribution in [3.63, 3.8) is 0 Å². The lowest BCUT2D eigenvalue weighted by Crippen LogP contribution is -2.58. The van der Waals surface area contributed by atoms with Gasteiger partial charge in [0.25, 0.3) is 0 Å². The number of anilines is 2. The minimum Gasteiger partial charge on any atom is -0.337 e. The first-order chi connectivity index (χ1) is 23.4. The summed E-state index contributed by atoms with van der Waals surface area (Å²) in [6.45, 7) is 1.33. The molecular weight excluding hydrogens is 592 g/mol. The van der Waals surface area contributed by atoms with Crippen LogP contribution in [-0.2, 0) is 0 Å². The highest BCUT2D eigenvalue weighted by molar-refractivity contribution is 6.08. The molecule has 4 N–H and O–H groups in total. The Morgan fingerprint density at radius 1 is 0.521 bits per heavy atom. The third-order valence-corrected chi connectivity index (χ3v) is 11.5. The van der Waals surface area contributed by atoms with Gasteiger partial charge in [0, 0.05) is 23.9 Å². The molecule has 0 aromatic heterocycles. The first-order valence-electron chi connectivity index (χ1n) is 17.3. The summed E-state index contributed by atoms with van der Waals surface area (Å²) < 4.78 is 0. The summed E-state index contributed by atoms with van der Waals surface area (Å²) in [5.74, 6) is 1.30. The first-order valence-corrected chi connectivity index (χ1v) is 17.3. The van der Waals surface area contributed by atoms with Crippen LogP contribution in [0.2, 0.25) is 0 Å². The van der Waals surface area contributed by atoms with Crippen molar-refractivity contribution >= 4 is 66.5 Å². The summed E-state index contributed by atoms with van der Waals surface area (Å²) in [5.41, 5.74) is 1.80. The number of hydrogen-bond acceptors (Lipinski definition) is 2. The summed E-state index contributed by atoms with van der Waals surface area (Å²) in [7, 11) is 0. The molecule has 6 aromatic carbocycles. The molecule has 6 aromatic rings. The minimum atomic E-state index is -0.152. The number of rotatable bonds is 6.